The lowest BCUT2D eigenvalue weighted by molar-refractivity contribution is 0.975. The van der Waals surface area contributed by atoms with Gasteiger partial charge in [-0.25, -0.2) is 9.97 Å². The molecule has 24 heavy (non-hydrogen) atoms. The summed E-state index contributed by atoms with van der Waals surface area (Å²) in [6.45, 7) is 0. The van der Waals surface area contributed by atoms with Crippen LogP contribution >= 0.6 is 23.4 Å². The van der Waals surface area contributed by atoms with Crippen molar-refractivity contribution in [2.75, 3.05) is 11.6 Å². The number of thioether (sulfide) groups is 1. The molecule has 0 aliphatic heterocycles. The van der Waals surface area contributed by atoms with E-state index in [9.17, 15) is 5.26 Å². The van der Waals surface area contributed by atoms with Gasteiger partial charge in [-0.1, -0.05) is 59.8 Å². The molecule has 2 aromatic carbocycles. The zero-order valence-electron chi connectivity index (χ0n) is 12.8. The molecule has 1 aromatic heterocycles. The lowest BCUT2D eigenvalue weighted by Crippen LogP contribution is -2.03. The first-order chi connectivity index (χ1) is 11.7. The van der Waals surface area contributed by atoms with E-state index in [2.05, 4.69) is 21.4 Å². The maximum atomic E-state index is 9.65. The number of nitrogens with one attached hydrogen (secondary N) is 1. The molecular formula is C18H13ClN4S. The molecule has 0 radical (unpaired) electrons. The fraction of sp³-hybridized carbons (Fsp3) is 0.0556. The summed E-state index contributed by atoms with van der Waals surface area (Å²) in [4.78, 5) is 8.96. The van der Waals surface area contributed by atoms with Crippen molar-refractivity contribution in [2.24, 2.45) is 0 Å². The van der Waals surface area contributed by atoms with Crippen LogP contribution in [0.2, 0.25) is 5.02 Å². The van der Waals surface area contributed by atoms with Gasteiger partial charge in [0.1, 0.15) is 11.6 Å². The van der Waals surface area contributed by atoms with Crippen LogP contribution in [0.5, 0.6) is 0 Å². The summed E-state index contributed by atoms with van der Waals surface area (Å²) in [7, 11) is 0. The highest BCUT2D eigenvalue weighted by Crippen LogP contribution is 2.30. The smallest absolute Gasteiger partial charge is 0.189 e. The predicted molar refractivity (Wildman–Crippen MR) is 98.7 cm³/mol. The molecule has 0 saturated heterocycles. The van der Waals surface area contributed by atoms with Gasteiger partial charge in [0.25, 0.3) is 0 Å². The van der Waals surface area contributed by atoms with Crippen LogP contribution in [0, 0.1) is 11.3 Å². The summed E-state index contributed by atoms with van der Waals surface area (Å²) < 4.78 is 0. The van der Waals surface area contributed by atoms with Crippen LogP contribution in [0.15, 0.2) is 59.8 Å². The summed E-state index contributed by atoms with van der Waals surface area (Å²) in [5, 5.41) is 14.0. The van der Waals surface area contributed by atoms with E-state index in [1.807, 2.05) is 48.7 Å². The van der Waals surface area contributed by atoms with Crippen molar-refractivity contribution in [1.82, 2.24) is 9.97 Å². The fourth-order valence-corrected chi connectivity index (χ4v) is 2.79. The van der Waals surface area contributed by atoms with Crippen molar-refractivity contribution in [3.63, 3.8) is 0 Å². The van der Waals surface area contributed by atoms with Crippen LogP contribution in [0.4, 0.5) is 11.5 Å². The van der Waals surface area contributed by atoms with E-state index in [1.165, 1.54) is 11.8 Å². The first kappa shape index (κ1) is 16.3. The van der Waals surface area contributed by atoms with Gasteiger partial charge in [0.2, 0.25) is 0 Å². The number of nitriles is 1. The van der Waals surface area contributed by atoms with Crippen molar-refractivity contribution in [3.8, 4) is 17.3 Å². The van der Waals surface area contributed by atoms with Gasteiger partial charge in [0, 0.05) is 16.3 Å². The molecule has 0 spiro atoms. The third kappa shape index (κ3) is 3.51. The molecule has 4 nitrogen and oxygen atoms in total. The van der Waals surface area contributed by atoms with Crippen LogP contribution in [0.3, 0.4) is 0 Å². The second-order valence-corrected chi connectivity index (χ2v) is 6.11. The van der Waals surface area contributed by atoms with Crippen molar-refractivity contribution in [1.29, 1.82) is 5.26 Å². The Balaban J connectivity index is 2.13. The number of nitrogens with zero attached hydrogens (tertiary/aromatic N) is 3. The van der Waals surface area contributed by atoms with Gasteiger partial charge in [-0.15, -0.1) is 0 Å². The summed E-state index contributed by atoms with van der Waals surface area (Å²) in [6, 6.07) is 19.1. The first-order valence-corrected chi connectivity index (χ1v) is 8.75. The van der Waals surface area contributed by atoms with Crippen molar-refractivity contribution < 1.29 is 0 Å². The quantitative estimate of drug-likeness (QED) is 0.520. The number of hydrogen-bond donors (Lipinski definition) is 1. The molecule has 0 saturated carbocycles. The molecule has 0 aliphatic carbocycles. The Labute approximate surface area is 149 Å². The third-order valence-corrected chi connectivity index (χ3v) is 4.10. The van der Waals surface area contributed by atoms with Crippen LogP contribution in [0.25, 0.3) is 11.3 Å². The minimum absolute atomic E-state index is 0.402. The third-order valence-electron chi connectivity index (χ3n) is 3.32. The molecule has 3 rings (SSSR count). The maximum Gasteiger partial charge on any atom is 0.189 e. The monoisotopic (exact) mass is 352 g/mol. The van der Waals surface area contributed by atoms with Crippen molar-refractivity contribution >= 4 is 34.9 Å². The number of hydrogen-bond acceptors (Lipinski definition) is 5. The van der Waals surface area contributed by atoms with E-state index >= 15 is 0 Å². The minimum atomic E-state index is 0.402. The second kappa shape index (κ2) is 7.35. The number of benzene rings is 2. The van der Waals surface area contributed by atoms with Crippen LogP contribution in [-0.4, -0.2) is 16.2 Å². The van der Waals surface area contributed by atoms with E-state index in [0.29, 0.717) is 27.3 Å². The molecule has 0 amide bonds. The van der Waals surface area contributed by atoms with Crippen molar-refractivity contribution in [3.05, 3.63) is 65.2 Å². The zero-order chi connectivity index (χ0) is 16.9. The molecule has 118 valence electrons. The molecule has 3 aromatic rings. The summed E-state index contributed by atoms with van der Waals surface area (Å²) >= 11 is 7.46. The minimum Gasteiger partial charge on any atom is -0.339 e. The van der Waals surface area contributed by atoms with E-state index in [-0.39, 0.29) is 0 Å². The molecule has 0 fully saturated rings. The molecule has 0 bridgehead atoms. The Morgan fingerprint density at radius 3 is 2.54 bits per heavy atom. The van der Waals surface area contributed by atoms with E-state index in [1.54, 1.807) is 12.1 Å². The number of halogens is 1. The first-order valence-electron chi connectivity index (χ1n) is 7.15. The topological polar surface area (TPSA) is 61.6 Å². The van der Waals surface area contributed by atoms with E-state index in [0.717, 1.165) is 11.3 Å². The van der Waals surface area contributed by atoms with E-state index < -0.39 is 0 Å². The van der Waals surface area contributed by atoms with Gasteiger partial charge in [0.15, 0.2) is 11.0 Å². The van der Waals surface area contributed by atoms with Crippen LogP contribution < -0.4 is 5.32 Å². The lowest BCUT2D eigenvalue weighted by atomic mass is 10.1. The Kier molecular flexibility index (Phi) is 4.99. The van der Waals surface area contributed by atoms with Crippen LogP contribution in [0.1, 0.15) is 5.56 Å². The summed E-state index contributed by atoms with van der Waals surface area (Å²) in [5.74, 6) is 0.470. The Bertz CT molecular complexity index is 907. The van der Waals surface area contributed by atoms with Gasteiger partial charge >= 0.3 is 0 Å². The number of anilines is 2. The SMILES string of the molecule is CSc1nc(Nc2cccc(Cl)c2)c(C#N)c(-c2ccccc2)n1. The molecule has 0 aliphatic rings. The average molecular weight is 353 g/mol. The van der Waals surface area contributed by atoms with Gasteiger partial charge in [0.05, 0.1) is 5.69 Å². The Hall–Kier alpha value is -2.55. The van der Waals surface area contributed by atoms with E-state index in [4.69, 9.17) is 11.6 Å². The molecule has 1 heterocycles. The van der Waals surface area contributed by atoms with Crippen LogP contribution in [-0.2, 0) is 0 Å². The highest BCUT2D eigenvalue weighted by Gasteiger charge is 2.16. The molecule has 1 N–H and O–H groups in total. The van der Waals surface area contributed by atoms with Gasteiger partial charge in [-0.3, -0.25) is 0 Å². The molecule has 0 atom stereocenters. The van der Waals surface area contributed by atoms with Gasteiger partial charge < -0.3 is 5.32 Å². The maximum absolute atomic E-state index is 9.65. The average Bonchev–Trinajstić information content (AvgIpc) is 2.62. The predicted octanol–water partition coefficient (Wildman–Crippen LogP) is 5.13. The van der Waals surface area contributed by atoms with Gasteiger partial charge in [-0.2, -0.15) is 5.26 Å². The molecular weight excluding hydrogens is 340 g/mol. The van der Waals surface area contributed by atoms with Gasteiger partial charge in [-0.05, 0) is 24.5 Å². The Morgan fingerprint density at radius 2 is 1.88 bits per heavy atom. The summed E-state index contributed by atoms with van der Waals surface area (Å²) in [5.41, 5.74) is 2.66. The second-order valence-electron chi connectivity index (χ2n) is 4.90. The highest BCUT2D eigenvalue weighted by molar-refractivity contribution is 7.98. The lowest BCUT2D eigenvalue weighted by Gasteiger charge is -2.12. The standard InChI is InChI=1S/C18H13ClN4S/c1-24-18-22-16(12-6-3-2-4-7-12)15(11-20)17(23-18)21-14-9-5-8-13(19)10-14/h2-10H,1H3,(H,21,22,23). The highest BCUT2D eigenvalue weighted by atomic mass is 35.5. The number of rotatable bonds is 4. The normalized spacial score (nSPS) is 10.2. The largest absolute Gasteiger partial charge is 0.339 e. The summed E-state index contributed by atoms with van der Waals surface area (Å²) in [6.07, 6.45) is 1.90. The van der Waals surface area contributed by atoms with Crippen molar-refractivity contribution in [2.45, 2.75) is 5.16 Å². The molecule has 0 unspecified atom stereocenters. The zero-order valence-corrected chi connectivity index (χ0v) is 14.4. The Morgan fingerprint density at radius 1 is 1.08 bits per heavy atom. The fourth-order valence-electron chi connectivity index (χ4n) is 2.24. The number of aromatic nitrogens is 2. The molecule has 6 heteroatoms.